The Morgan fingerprint density at radius 3 is 2.69 bits per heavy atom. The number of rotatable bonds is 4. The Bertz CT molecular complexity index is 418. The summed E-state index contributed by atoms with van der Waals surface area (Å²) < 4.78 is 0. The van der Waals surface area contributed by atoms with Crippen LogP contribution in [-0.4, -0.2) is 24.4 Å². The van der Waals surface area contributed by atoms with Gasteiger partial charge in [0, 0.05) is 25.2 Å². The summed E-state index contributed by atoms with van der Waals surface area (Å²) in [5.41, 5.74) is 0.567. The van der Waals surface area contributed by atoms with E-state index in [2.05, 4.69) is 10.6 Å². The SMILES string of the molecule is CCNC(=O)c1ccc(NC)c([N+](=O)[O-])c1. The Kier molecular flexibility index (Phi) is 3.82. The molecule has 0 bridgehead atoms. The van der Waals surface area contributed by atoms with Crippen molar-refractivity contribution >= 4 is 17.3 Å². The molecule has 0 saturated carbocycles. The second-order valence-corrected chi connectivity index (χ2v) is 3.10. The number of carbonyl (C=O) groups is 1. The van der Waals surface area contributed by atoms with E-state index in [9.17, 15) is 14.9 Å². The fourth-order valence-electron chi connectivity index (χ4n) is 1.30. The van der Waals surface area contributed by atoms with Gasteiger partial charge in [0.25, 0.3) is 11.6 Å². The molecule has 6 heteroatoms. The monoisotopic (exact) mass is 223 g/mol. The zero-order valence-electron chi connectivity index (χ0n) is 9.11. The average molecular weight is 223 g/mol. The third kappa shape index (κ3) is 2.47. The molecule has 86 valence electrons. The minimum absolute atomic E-state index is 0.105. The van der Waals surface area contributed by atoms with Crippen LogP contribution in [0.5, 0.6) is 0 Å². The molecule has 0 fully saturated rings. The molecule has 6 nitrogen and oxygen atoms in total. The van der Waals surface area contributed by atoms with E-state index in [1.807, 2.05) is 0 Å². The zero-order valence-corrected chi connectivity index (χ0v) is 9.11. The van der Waals surface area contributed by atoms with E-state index >= 15 is 0 Å². The molecule has 1 aromatic rings. The molecule has 1 rings (SSSR count). The minimum Gasteiger partial charge on any atom is -0.383 e. The first kappa shape index (κ1) is 12.0. The van der Waals surface area contributed by atoms with Crippen LogP contribution in [0.3, 0.4) is 0 Å². The second kappa shape index (κ2) is 5.11. The maximum atomic E-state index is 11.5. The maximum absolute atomic E-state index is 11.5. The highest BCUT2D eigenvalue weighted by atomic mass is 16.6. The molecular weight excluding hydrogens is 210 g/mol. The Morgan fingerprint density at radius 2 is 2.19 bits per heavy atom. The van der Waals surface area contributed by atoms with Crippen LogP contribution in [0, 0.1) is 10.1 Å². The molecule has 0 aliphatic heterocycles. The van der Waals surface area contributed by atoms with Crippen molar-refractivity contribution < 1.29 is 9.72 Å². The zero-order chi connectivity index (χ0) is 12.1. The molecule has 0 saturated heterocycles. The second-order valence-electron chi connectivity index (χ2n) is 3.10. The predicted octanol–water partition coefficient (Wildman–Crippen LogP) is 1.39. The van der Waals surface area contributed by atoms with Gasteiger partial charge >= 0.3 is 0 Å². The molecule has 0 heterocycles. The minimum atomic E-state index is -0.519. The Balaban J connectivity index is 3.11. The number of benzene rings is 1. The highest BCUT2D eigenvalue weighted by Crippen LogP contribution is 2.24. The van der Waals surface area contributed by atoms with Gasteiger partial charge in [0.15, 0.2) is 0 Å². The first-order valence-corrected chi connectivity index (χ1v) is 4.84. The number of nitrogens with one attached hydrogen (secondary N) is 2. The third-order valence-corrected chi connectivity index (χ3v) is 2.06. The van der Waals surface area contributed by atoms with Crippen molar-refractivity contribution in [3.8, 4) is 0 Å². The van der Waals surface area contributed by atoms with Crippen molar-refractivity contribution in [3.05, 3.63) is 33.9 Å². The third-order valence-electron chi connectivity index (χ3n) is 2.06. The summed E-state index contributed by atoms with van der Waals surface area (Å²) in [6.07, 6.45) is 0. The van der Waals surface area contributed by atoms with Gasteiger partial charge in [-0.3, -0.25) is 14.9 Å². The van der Waals surface area contributed by atoms with E-state index in [1.165, 1.54) is 12.1 Å². The van der Waals surface area contributed by atoms with Crippen LogP contribution in [0.1, 0.15) is 17.3 Å². The fraction of sp³-hybridized carbons (Fsp3) is 0.300. The Morgan fingerprint density at radius 1 is 1.50 bits per heavy atom. The van der Waals surface area contributed by atoms with Gasteiger partial charge in [0.2, 0.25) is 0 Å². The van der Waals surface area contributed by atoms with E-state index in [0.29, 0.717) is 12.2 Å². The van der Waals surface area contributed by atoms with Crippen LogP contribution in [0.25, 0.3) is 0 Å². The summed E-state index contributed by atoms with van der Waals surface area (Å²) in [6, 6.07) is 4.32. The molecule has 0 radical (unpaired) electrons. The summed E-state index contributed by atoms with van der Waals surface area (Å²) in [5, 5.41) is 16.0. The molecular formula is C10H13N3O3. The molecule has 16 heavy (non-hydrogen) atoms. The lowest BCUT2D eigenvalue weighted by Gasteiger charge is -2.05. The van der Waals surface area contributed by atoms with Crippen LogP contribution >= 0.6 is 0 Å². The number of nitrogens with zero attached hydrogens (tertiary/aromatic N) is 1. The number of hydrogen-bond donors (Lipinski definition) is 2. The van der Waals surface area contributed by atoms with Crippen molar-refractivity contribution in [2.75, 3.05) is 18.9 Å². The van der Waals surface area contributed by atoms with E-state index in [-0.39, 0.29) is 17.2 Å². The lowest BCUT2D eigenvalue weighted by molar-refractivity contribution is -0.384. The highest BCUT2D eigenvalue weighted by molar-refractivity contribution is 5.95. The maximum Gasteiger partial charge on any atom is 0.293 e. The lowest BCUT2D eigenvalue weighted by Crippen LogP contribution is -2.22. The van der Waals surface area contributed by atoms with Crippen molar-refractivity contribution in [2.24, 2.45) is 0 Å². The molecule has 0 unspecified atom stereocenters. The standard InChI is InChI=1S/C10H13N3O3/c1-3-12-10(14)7-4-5-8(11-2)9(6-7)13(15)16/h4-6,11H,3H2,1-2H3,(H,12,14). The van der Waals surface area contributed by atoms with Crippen molar-refractivity contribution in [1.29, 1.82) is 0 Å². The van der Waals surface area contributed by atoms with Gasteiger partial charge in [0.1, 0.15) is 5.69 Å². The van der Waals surface area contributed by atoms with Crippen LogP contribution in [0.2, 0.25) is 0 Å². The van der Waals surface area contributed by atoms with E-state index in [4.69, 9.17) is 0 Å². The summed E-state index contributed by atoms with van der Waals surface area (Å²) in [5.74, 6) is -0.312. The first-order valence-electron chi connectivity index (χ1n) is 4.84. The molecule has 0 aliphatic carbocycles. The lowest BCUT2D eigenvalue weighted by atomic mass is 10.1. The molecule has 2 N–H and O–H groups in total. The topological polar surface area (TPSA) is 84.3 Å². The fourth-order valence-corrected chi connectivity index (χ4v) is 1.30. The van der Waals surface area contributed by atoms with Crippen LogP contribution in [-0.2, 0) is 0 Å². The number of carbonyl (C=O) groups excluding carboxylic acids is 1. The van der Waals surface area contributed by atoms with Crippen LogP contribution in [0.4, 0.5) is 11.4 Å². The normalized spacial score (nSPS) is 9.62. The Labute approximate surface area is 92.8 Å². The van der Waals surface area contributed by atoms with Gasteiger partial charge in [-0.15, -0.1) is 0 Å². The van der Waals surface area contributed by atoms with Gasteiger partial charge in [-0.05, 0) is 19.1 Å². The van der Waals surface area contributed by atoms with Gasteiger partial charge in [0.05, 0.1) is 4.92 Å². The quantitative estimate of drug-likeness (QED) is 0.596. The van der Waals surface area contributed by atoms with Crippen molar-refractivity contribution in [1.82, 2.24) is 5.32 Å². The summed E-state index contributed by atoms with van der Waals surface area (Å²) in [7, 11) is 1.59. The number of anilines is 1. The van der Waals surface area contributed by atoms with Crippen molar-refractivity contribution in [3.63, 3.8) is 0 Å². The van der Waals surface area contributed by atoms with E-state index in [1.54, 1.807) is 20.0 Å². The highest BCUT2D eigenvalue weighted by Gasteiger charge is 2.16. The molecule has 1 aromatic carbocycles. The van der Waals surface area contributed by atoms with Gasteiger partial charge in [-0.2, -0.15) is 0 Å². The molecule has 0 aliphatic rings. The predicted molar refractivity (Wildman–Crippen MR) is 60.7 cm³/mol. The van der Waals surface area contributed by atoms with E-state index in [0.717, 1.165) is 0 Å². The van der Waals surface area contributed by atoms with Gasteiger partial charge in [-0.1, -0.05) is 0 Å². The average Bonchev–Trinajstić information content (AvgIpc) is 2.28. The molecule has 0 aromatic heterocycles. The molecule has 0 spiro atoms. The number of nitro benzene ring substituents is 1. The summed E-state index contributed by atoms with van der Waals surface area (Å²) in [6.45, 7) is 2.27. The summed E-state index contributed by atoms with van der Waals surface area (Å²) >= 11 is 0. The van der Waals surface area contributed by atoms with Crippen LogP contribution in [0.15, 0.2) is 18.2 Å². The van der Waals surface area contributed by atoms with E-state index < -0.39 is 4.92 Å². The largest absolute Gasteiger partial charge is 0.383 e. The Hall–Kier alpha value is -2.11. The first-order chi connectivity index (χ1) is 7.60. The molecule has 0 atom stereocenters. The van der Waals surface area contributed by atoms with Crippen molar-refractivity contribution in [2.45, 2.75) is 6.92 Å². The number of hydrogen-bond acceptors (Lipinski definition) is 4. The number of amides is 1. The summed E-state index contributed by atoms with van der Waals surface area (Å²) in [4.78, 5) is 21.7. The van der Waals surface area contributed by atoms with Gasteiger partial charge in [-0.25, -0.2) is 0 Å². The smallest absolute Gasteiger partial charge is 0.293 e. The number of nitro groups is 1. The van der Waals surface area contributed by atoms with Crippen LogP contribution < -0.4 is 10.6 Å². The molecule has 1 amide bonds. The van der Waals surface area contributed by atoms with Gasteiger partial charge < -0.3 is 10.6 Å².